The Kier molecular flexibility index (Phi) is 3.78. The third-order valence-electron chi connectivity index (χ3n) is 2.45. The van der Waals surface area contributed by atoms with Crippen LogP contribution in [0.1, 0.15) is 16.8 Å². The van der Waals surface area contributed by atoms with Crippen LogP contribution in [0, 0.1) is 0 Å². The van der Waals surface area contributed by atoms with Gasteiger partial charge in [0.05, 0.1) is 6.42 Å². The second-order valence-corrected chi connectivity index (χ2v) is 3.94. The number of carbonyl (C=O) groups excluding carboxylic acids is 1. The number of hydrogen-bond acceptors (Lipinski definition) is 3. The summed E-state index contributed by atoms with van der Waals surface area (Å²) in [4.78, 5) is 11.7. The molecule has 0 aliphatic carbocycles. The molecule has 0 saturated carbocycles. The van der Waals surface area contributed by atoms with Crippen molar-refractivity contribution >= 4 is 5.78 Å². The Bertz CT molecular complexity index is 506. The van der Waals surface area contributed by atoms with Crippen LogP contribution in [0.15, 0.2) is 30.4 Å². The Morgan fingerprint density at radius 1 is 1.21 bits per heavy atom. The fourth-order valence-electron chi connectivity index (χ4n) is 1.59. The summed E-state index contributed by atoms with van der Waals surface area (Å²) in [7, 11) is 0. The van der Waals surface area contributed by atoms with Crippen molar-refractivity contribution in [2.24, 2.45) is 0 Å². The lowest BCUT2D eigenvalue weighted by atomic mass is 10.1. The Morgan fingerprint density at radius 2 is 1.89 bits per heavy atom. The fraction of sp³-hybridized carbons (Fsp3) is 0.308. The Hall–Kier alpha value is -1.98. The lowest BCUT2D eigenvalue weighted by molar-refractivity contribution is -0.125. The predicted molar refractivity (Wildman–Crippen MR) is 61.6 cm³/mol. The molecule has 6 heteroatoms. The van der Waals surface area contributed by atoms with Crippen molar-refractivity contribution in [1.82, 2.24) is 0 Å². The van der Waals surface area contributed by atoms with Crippen molar-refractivity contribution in [1.29, 1.82) is 0 Å². The molecule has 19 heavy (non-hydrogen) atoms. The summed E-state index contributed by atoms with van der Waals surface area (Å²) in [5, 5.41) is 0. The SMILES string of the molecule is O=C(/C=C/CC(F)(F)F)c1ccc2c(c1)OCCO2. The molecule has 1 heterocycles. The minimum Gasteiger partial charge on any atom is -0.486 e. The van der Waals surface area contributed by atoms with E-state index in [1.807, 2.05) is 0 Å². The summed E-state index contributed by atoms with van der Waals surface area (Å²) in [6.07, 6.45) is -3.70. The number of hydrogen-bond donors (Lipinski definition) is 0. The van der Waals surface area contributed by atoms with Gasteiger partial charge in [0.25, 0.3) is 0 Å². The second-order valence-electron chi connectivity index (χ2n) is 3.94. The first kappa shape index (κ1) is 13.5. The summed E-state index contributed by atoms with van der Waals surface area (Å²) in [5.74, 6) is 0.463. The minimum atomic E-state index is -4.30. The molecular weight excluding hydrogens is 261 g/mol. The Morgan fingerprint density at radius 3 is 2.58 bits per heavy atom. The van der Waals surface area contributed by atoms with Crippen LogP contribution in [0.5, 0.6) is 11.5 Å². The van der Waals surface area contributed by atoms with Crippen LogP contribution < -0.4 is 9.47 Å². The average Bonchev–Trinajstić information content (AvgIpc) is 2.36. The molecule has 0 aromatic heterocycles. The van der Waals surface area contributed by atoms with Crippen LogP contribution in [0.3, 0.4) is 0 Å². The van der Waals surface area contributed by atoms with Crippen molar-refractivity contribution in [2.75, 3.05) is 13.2 Å². The van der Waals surface area contributed by atoms with Gasteiger partial charge in [0.2, 0.25) is 0 Å². The number of carbonyl (C=O) groups is 1. The van der Waals surface area contributed by atoms with E-state index in [9.17, 15) is 18.0 Å². The predicted octanol–water partition coefficient (Wildman–Crippen LogP) is 3.15. The molecule has 0 radical (unpaired) electrons. The van der Waals surface area contributed by atoms with Gasteiger partial charge in [-0.15, -0.1) is 0 Å². The number of halogens is 3. The van der Waals surface area contributed by atoms with Crippen LogP contribution in [0.4, 0.5) is 13.2 Å². The molecule has 1 aromatic rings. The van der Waals surface area contributed by atoms with E-state index in [4.69, 9.17) is 9.47 Å². The van der Waals surface area contributed by atoms with Gasteiger partial charge < -0.3 is 9.47 Å². The zero-order chi connectivity index (χ0) is 13.9. The maximum Gasteiger partial charge on any atom is 0.392 e. The van der Waals surface area contributed by atoms with Gasteiger partial charge in [0.15, 0.2) is 17.3 Å². The van der Waals surface area contributed by atoms with Crippen molar-refractivity contribution in [3.8, 4) is 11.5 Å². The zero-order valence-corrected chi connectivity index (χ0v) is 9.87. The average molecular weight is 272 g/mol. The summed E-state index contributed by atoms with van der Waals surface area (Å²) < 4.78 is 46.4. The number of fused-ring (bicyclic) bond motifs is 1. The minimum absolute atomic E-state index is 0.266. The van der Waals surface area contributed by atoms with E-state index in [0.29, 0.717) is 24.7 Å². The molecule has 102 valence electrons. The smallest absolute Gasteiger partial charge is 0.392 e. The maximum absolute atomic E-state index is 11.9. The standard InChI is InChI=1S/C13H11F3O3/c14-13(15,16)5-1-2-10(17)9-3-4-11-12(8-9)19-7-6-18-11/h1-4,8H,5-7H2/b2-1+. The summed E-state index contributed by atoms with van der Waals surface area (Å²) in [6.45, 7) is 0.820. The Balaban J connectivity index is 2.07. The van der Waals surface area contributed by atoms with E-state index in [2.05, 4.69) is 0 Å². The van der Waals surface area contributed by atoms with E-state index in [1.165, 1.54) is 12.1 Å². The highest BCUT2D eigenvalue weighted by atomic mass is 19.4. The first-order valence-corrected chi connectivity index (χ1v) is 5.63. The lowest BCUT2D eigenvalue weighted by Crippen LogP contribution is -2.15. The van der Waals surface area contributed by atoms with Crippen molar-refractivity contribution in [3.63, 3.8) is 0 Å². The van der Waals surface area contributed by atoms with Gasteiger partial charge in [-0.05, 0) is 24.3 Å². The zero-order valence-electron chi connectivity index (χ0n) is 9.87. The van der Waals surface area contributed by atoms with Crippen LogP contribution in [-0.4, -0.2) is 25.2 Å². The molecule has 0 amide bonds. The summed E-state index contributed by atoms with van der Waals surface area (Å²) in [5.41, 5.74) is 0.266. The van der Waals surface area contributed by atoms with Crippen molar-refractivity contribution in [2.45, 2.75) is 12.6 Å². The number of allylic oxidation sites excluding steroid dienone is 2. The molecular formula is C13H11F3O3. The van der Waals surface area contributed by atoms with Gasteiger partial charge in [-0.1, -0.05) is 6.08 Å². The summed E-state index contributed by atoms with van der Waals surface area (Å²) >= 11 is 0. The molecule has 0 N–H and O–H groups in total. The number of ketones is 1. The Labute approximate surface area is 107 Å². The number of benzene rings is 1. The number of ether oxygens (including phenoxy) is 2. The van der Waals surface area contributed by atoms with E-state index in [0.717, 1.165) is 12.2 Å². The van der Waals surface area contributed by atoms with E-state index in [1.54, 1.807) is 6.07 Å². The topological polar surface area (TPSA) is 35.5 Å². The molecule has 0 saturated heterocycles. The highest BCUT2D eigenvalue weighted by Gasteiger charge is 2.24. The fourth-order valence-corrected chi connectivity index (χ4v) is 1.59. The maximum atomic E-state index is 11.9. The molecule has 0 atom stereocenters. The van der Waals surface area contributed by atoms with Gasteiger partial charge in [0.1, 0.15) is 13.2 Å². The molecule has 0 bridgehead atoms. The van der Waals surface area contributed by atoms with E-state index < -0.39 is 18.4 Å². The van der Waals surface area contributed by atoms with Gasteiger partial charge in [-0.3, -0.25) is 4.79 Å². The molecule has 0 unspecified atom stereocenters. The quantitative estimate of drug-likeness (QED) is 0.626. The first-order chi connectivity index (χ1) is 8.96. The van der Waals surface area contributed by atoms with Crippen molar-refractivity contribution in [3.05, 3.63) is 35.9 Å². The first-order valence-electron chi connectivity index (χ1n) is 5.63. The van der Waals surface area contributed by atoms with E-state index >= 15 is 0 Å². The summed E-state index contributed by atoms with van der Waals surface area (Å²) in [6, 6.07) is 4.53. The van der Waals surface area contributed by atoms with Crippen LogP contribution >= 0.6 is 0 Å². The molecule has 0 spiro atoms. The molecule has 1 aliphatic heterocycles. The second kappa shape index (κ2) is 5.34. The van der Waals surface area contributed by atoms with E-state index in [-0.39, 0.29) is 5.56 Å². The van der Waals surface area contributed by atoms with Gasteiger partial charge >= 0.3 is 6.18 Å². The molecule has 0 fully saturated rings. The van der Waals surface area contributed by atoms with Crippen LogP contribution in [0.2, 0.25) is 0 Å². The highest BCUT2D eigenvalue weighted by Crippen LogP contribution is 2.31. The number of rotatable bonds is 3. The molecule has 2 rings (SSSR count). The molecule has 1 aromatic carbocycles. The molecule has 3 nitrogen and oxygen atoms in total. The monoisotopic (exact) mass is 272 g/mol. The van der Waals surface area contributed by atoms with Crippen LogP contribution in [0.25, 0.3) is 0 Å². The lowest BCUT2D eigenvalue weighted by Gasteiger charge is -2.18. The van der Waals surface area contributed by atoms with Crippen molar-refractivity contribution < 1.29 is 27.4 Å². The third-order valence-corrected chi connectivity index (χ3v) is 2.45. The highest BCUT2D eigenvalue weighted by molar-refractivity contribution is 6.04. The number of alkyl halides is 3. The molecule has 1 aliphatic rings. The van der Waals surface area contributed by atoms with Gasteiger partial charge in [-0.25, -0.2) is 0 Å². The van der Waals surface area contributed by atoms with Crippen LogP contribution in [-0.2, 0) is 0 Å². The van der Waals surface area contributed by atoms with Gasteiger partial charge in [0, 0.05) is 5.56 Å². The third kappa shape index (κ3) is 3.74. The largest absolute Gasteiger partial charge is 0.486 e. The normalized spacial score (nSPS) is 14.7. The van der Waals surface area contributed by atoms with Gasteiger partial charge in [-0.2, -0.15) is 13.2 Å².